The van der Waals surface area contributed by atoms with Crippen molar-refractivity contribution >= 4 is 5.91 Å². The van der Waals surface area contributed by atoms with E-state index in [1.54, 1.807) is 0 Å². The Morgan fingerprint density at radius 2 is 1.73 bits per heavy atom. The highest BCUT2D eigenvalue weighted by Crippen LogP contribution is 2.22. The van der Waals surface area contributed by atoms with Crippen LogP contribution >= 0.6 is 0 Å². The molecule has 0 aliphatic heterocycles. The average molecular weight is 213 g/mol. The lowest BCUT2D eigenvalue weighted by Crippen LogP contribution is -2.47. The zero-order chi connectivity index (χ0) is 11.9. The van der Waals surface area contributed by atoms with Gasteiger partial charge in [-0.1, -0.05) is 33.6 Å². The Balaban J connectivity index is 4.52. The Bertz CT molecular complexity index is 187. The monoisotopic (exact) mass is 213 g/mol. The van der Waals surface area contributed by atoms with Crippen LogP contribution in [0, 0.1) is 0 Å². The van der Waals surface area contributed by atoms with Crippen LogP contribution in [0.1, 0.15) is 66.7 Å². The van der Waals surface area contributed by atoms with E-state index in [9.17, 15) is 4.79 Å². The van der Waals surface area contributed by atoms with E-state index in [0.717, 1.165) is 32.2 Å². The molecule has 0 aromatic heterocycles. The lowest BCUT2D eigenvalue weighted by Gasteiger charge is -2.39. The molecule has 0 spiro atoms. The summed E-state index contributed by atoms with van der Waals surface area (Å²) in [6.45, 7) is 11.6. The minimum absolute atomic E-state index is 0.0248. The number of rotatable bonds is 7. The van der Waals surface area contributed by atoms with Gasteiger partial charge >= 0.3 is 0 Å². The van der Waals surface area contributed by atoms with E-state index >= 15 is 0 Å². The zero-order valence-corrected chi connectivity index (χ0v) is 11.1. The molecule has 0 rings (SSSR count). The van der Waals surface area contributed by atoms with Crippen molar-refractivity contribution in [3.8, 4) is 0 Å². The van der Waals surface area contributed by atoms with Crippen LogP contribution in [0.3, 0.4) is 0 Å². The van der Waals surface area contributed by atoms with E-state index < -0.39 is 0 Å². The molecule has 90 valence electrons. The van der Waals surface area contributed by atoms with Crippen molar-refractivity contribution in [2.24, 2.45) is 0 Å². The quantitative estimate of drug-likeness (QED) is 0.632. The van der Waals surface area contributed by atoms with Crippen LogP contribution in [0.2, 0.25) is 0 Å². The summed E-state index contributed by atoms with van der Waals surface area (Å²) in [7, 11) is 0. The van der Waals surface area contributed by atoms with Crippen molar-refractivity contribution in [3.05, 3.63) is 0 Å². The summed E-state index contributed by atoms with van der Waals surface area (Å²) in [5, 5.41) is 0. The van der Waals surface area contributed by atoms with Gasteiger partial charge in [0.25, 0.3) is 0 Å². The van der Waals surface area contributed by atoms with Crippen molar-refractivity contribution < 1.29 is 4.79 Å². The molecule has 0 heterocycles. The van der Waals surface area contributed by atoms with E-state index in [1.165, 1.54) is 0 Å². The van der Waals surface area contributed by atoms with Crippen LogP contribution < -0.4 is 0 Å². The Labute approximate surface area is 95.0 Å². The predicted molar refractivity (Wildman–Crippen MR) is 65.9 cm³/mol. The third-order valence-electron chi connectivity index (χ3n) is 2.93. The van der Waals surface area contributed by atoms with E-state index in [4.69, 9.17) is 0 Å². The minimum atomic E-state index is 0.0248. The Morgan fingerprint density at radius 3 is 2.13 bits per heavy atom. The first kappa shape index (κ1) is 14.5. The number of unbranched alkanes of at least 4 members (excludes halogenated alkanes) is 1. The van der Waals surface area contributed by atoms with Gasteiger partial charge in [0.05, 0.1) is 0 Å². The second kappa shape index (κ2) is 6.86. The smallest absolute Gasteiger partial charge is 0.222 e. The fourth-order valence-electron chi connectivity index (χ4n) is 2.02. The molecule has 1 amide bonds. The maximum absolute atomic E-state index is 11.9. The van der Waals surface area contributed by atoms with Gasteiger partial charge < -0.3 is 4.90 Å². The van der Waals surface area contributed by atoms with Crippen molar-refractivity contribution in [1.82, 2.24) is 4.90 Å². The number of carbonyl (C=O) groups excluding carboxylic acids is 1. The molecule has 0 N–H and O–H groups in total. The average Bonchev–Trinajstić information content (AvgIpc) is 2.17. The molecule has 0 aliphatic rings. The van der Waals surface area contributed by atoms with Gasteiger partial charge in [0, 0.05) is 18.5 Å². The first-order valence-corrected chi connectivity index (χ1v) is 6.30. The summed E-state index contributed by atoms with van der Waals surface area (Å²) >= 11 is 0. The number of hydrogen-bond acceptors (Lipinski definition) is 1. The molecule has 0 aliphatic carbocycles. The molecular formula is C13H27NO. The minimum Gasteiger partial charge on any atom is -0.338 e. The Hall–Kier alpha value is -0.530. The van der Waals surface area contributed by atoms with Gasteiger partial charge in [-0.25, -0.2) is 0 Å². The van der Waals surface area contributed by atoms with Gasteiger partial charge in [-0.15, -0.1) is 0 Å². The van der Waals surface area contributed by atoms with E-state index in [1.807, 2.05) is 6.92 Å². The molecule has 0 unspecified atom stereocenters. The lowest BCUT2D eigenvalue weighted by molar-refractivity contribution is -0.136. The maximum Gasteiger partial charge on any atom is 0.222 e. The second-order valence-electron chi connectivity index (χ2n) is 4.81. The van der Waals surface area contributed by atoms with Crippen LogP contribution in [0.4, 0.5) is 0 Å². The normalized spacial score (nSPS) is 11.5. The summed E-state index contributed by atoms with van der Waals surface area (Å²) in [6.07, 6.45) is 5.10. The number of amides is 1. The van der Waals surface area contributed by atoms with Crippen LogP contribution in [0.15, 0.2) is 0 Å². The highest BCUT2D eigenvalue weighted by molar-refractivity contribution is 5.76. The summed E-state index contributed by atoms with van der Waals surface area (Å²) < 4.78 is 0. The topological polar surface area (TPSA) is 20.3 Å². The molecule has 15 heavy (non-hydrogen) atoms. The summed E-state index contributed by atoms with van der Waals surface area (Å²) in [6, 6.07) is 0. The molecule has 0 aromatic carbocycles. The lowest BCUT2D eigenvalue weighted by atomic mass is 9.95. The van der Waals surface area contributed by atoms with Crippen LogP contribution in [-0.2, 0) is 4.79 Å². The summed E-state index contributed by atoms with van der Waals surface area (Å²) in [4.78, 5) is 13.9. The molecule has 2 nitrogen and oxygen atoms in total. The van der Waals surface area contributed by atoms with E-state index in [-0.39, 0.29) is 5.54 Å². The summed E-state index contributed by atoms with van der Waals surface area (Å²) in [5.74, 6) is 0.293. The molecule has 0 saturated heterocycles. The van der Waals surface area contributed by atoms with E-state index in [0.29, 0.717) is 12.3 Å². The number of hydrogen-bond donors (Lipinski definition) is 0. The van der Waals surface area contributed by atoms with Crippen LogP contribution in [0.25, 0.3) is 0 Å². The standard InChI is InChI=1S/C13H27NO/c1-6-9-11-14(12(15)8-3)13(4,5)10-7-2/h6-11H2,1-5H3. The second-order valence-corrected chi connectivity index (χ2v) is 4.81. The molecular weight excluding hydrogens is 186 g/mol. The highest BCUT2D eigenvalue weighted by atomic mass is 16.2. The summed E-state index contributed by atoms with van der Waals surface area (Å²) in [5.41, 5.74) is 0.0248. The fourth-order valence-corrected chi connectivity index (χ4v) is 2.02. The van der Waals surface area contributed by atoms with Gasteiger partial charge in [0.1, 0.15) is 0 Å². The largest absolute Gasteiger partial charge is 0.338 e. The molecule has 2 heteroatoms. The first-order valence-electron chi connectivity index (χ1n) is 6.30. The number of nitrogens with zero attached hydrogens (tertiary/aromatic N) is 1. The van der Waals surface area contributed by atoms with Crippen molar-refractivity contribution in [3.63, 3.8) is 0 Å². The third-order valence-corrected chi connectivity index (χ3v) is 2.93. The van der Waals surface area contributed by atoms with Gasteiger partial charge in [-0.05, 0) is 26.7 Å². The predicted octanol–water partition coefficient (Wildman–Crippen LogP) is 3.60. The molecule has 0 atom stereocenters. The van der Waals surface area contributed by atoms with Gasteiger partial charge in [0.15, 0.2) is 0 Å². The molecule has 0 aromatic rings. The van der Waals surface area contributed by atoms with Gasteiger partial charge in [-0.2, -0.15) is 0 Å². The fraction of sp³-hybridized carbons (Fsp3) is 0.923. The van der Waals surface area contributed by atoms with Crippen LogP contribution in [-0.4, -0.2) is 22.9 Å². The van der Waals surface area contributed by atoms with Gasteiger partial charge in [0.2, 0.25) is 5.91 Å². The van der Waals surface area contributed by atoms with Crippen molar-refractivity contribution in [1.29, 1.82) is 0 Å². The van der Waals surface area contributed by atoms with Gasteiger partial charge in [-0.3, -0.25) is 4.79 Å². The Kier molecular flexibility index (Phi) is 6.62. The molecule has 0 fully saturated rings. The molecule has 0 radical (unpaired) electrons. The van der Waals surface area contributed by atoms with Crippen molar-refractivity contribution in [2.45, 2.75) is 72.3 Å². The van der Waals surface area contributed by atoms with Crippen molar-refractivity contribution in [2.75, 3.05) is 6.54 Å². The third kappa shape index (κ3) is 4.67. The first-order chi connectivity index (χ1) is 6.99. The molecule has 0 bridgehead atoms. The SMILES string of the molecule is CCCCN(C(=O)CC)C(C)(C)CCC. The van der Waals surface area contributed by atoms with E-state index in [2.05, 4.69) is 32.6 Å². The van der Waals surface area contributed by atoms with Crippen LogP contribution in [0.5, 0.6) is 0 Å². The molecule has 0 saturated carbocycles. The Morgan fingerprint density at radius 1 is 1.13 bits per heavy atom. The number of carbonyl (C=O) groups is 1. The highest BCUT2D eigenvalue weighted by Gasteiger charge is 2.28. The maximum atomic E-state index is 11.9. The zero-order valence-electron chi connectivity index (χ0n) is 11.1.